The summed E-state index contributed by atoms with van der Waals surface area (Å²) in [6, 6.07) is 0. The highest BCUT2D eigenvalue weighted by molar-refractivity contribution is 8.00. The summed E-state index contributed by atoms with van der Waals surface area (Å²) >= 11 is 6.10. The number of rotatable bonds is 5. The lowest BCUT2D eigenvalue weighted by Gasteiger charge is -2.07. The second kappa shape index (κ2) is 6.17. The molecule has 0 aliphatic carbocycles. The Morgan fingerprint density at radius 1 is 1.70 bits per heavy atom. The van der Waals surface area contributed by atoms with Crippen LogP contribution in [0, 0.1) is 0 Å². The van der Waals surface area contributed by atoms with E-state index in [2.05, 4.69) is 33.1 Å². The minimum absolute atomic E-state index is 0.761. The van der Waals surface area contributed by atoms with Crippen molar-refractivity contribution in [2.45, 2.75) is 25.5 Å². The third-order valence-electron chi connectivity index (χ3n) is 1.37. The van der Waals surface area contributed by atoms with E-state index < -0.39 is 0 Å². The Labute approximate surface area is 73.9 Å². The lowest BCUT2D eigenvalue weighted by molar-refractivity contribution is 0.907. The van der Waals surface area contributed by atoms with Crippen LogP contribution < -0.4 is 0 Å². The van der Waals surface area contributed by atoms with Gasteiger partial charge in [-0.3, -0.25) is 0 Å². The summed E-state index contributed by atoms with van der Waals surface area (Å²) in [7, 11) is 0. The van der Waals surface area contributed by atoms with Gasteiger partial charge in [0, 0.05) is 16.8 Å². The van der Waals surface area contributed by atoms with Crippen molar-refractivity contribution < 1.29 is 0 Å². The van der Waals surface area contributed by atoms with Crippen LogP contribution in [0.5, 0.6) is 0 Å². The van der Waals surface area contributed by atoms with Crippen molar-refractivity contribution in [3.05, 3.63) is 12.2 Å². The van der Waals surface area contributed by atoms with Gasteiger partial charge < -0.3 is 0 Å². The summed E-state index contributed by atoms with van der Waals surface area (Å²) in [5.74, 6) is 1.89. The van der Waals surface area contributed by atoms with Crippen LogP contribution in [0.1, 0.15) is 20.3 Å². The maximum Gasteiger partial charge on any atom is 0.0151 e. The van der Waals surface area contributed by atoms with Gasteiger partial charge in [-0.15, -0.1) is 0 Å². The first-order valence-electron chi connectivity index (χ1n) is 3.59. The predicted octanol–water partition coefficient (Wildman–Crippen LogP) is 3.00. The van der Waals surface area contributed by atoms with Crippen molar-refractivity contribution in [3.63, 3.8) is 0 Å². The van der Waals surface area contributed by atoms with Crippen molar-refractivity contribution in [1.29, 1.82) is 0 Å². The third kappa shape index (κ3) is 5.24. The van der Waals surface area contributed by atoms with Crippen molar-refractivity contribution in [2.75, 3.05) is 11.5 Å². The zero-order chi connectivity index (χ0) is 7.98. The van der Waals surface area contributed by atoms with E-state index in [4.69, 9.17) is 0 Å². The number of hydrogen-bond acceptors (Lipinski definition) is 2. The monoisotopic (exact) mass is 176 g/mol. The van der Waals surface area contributed by atoms with Crippen LogP contribution in [0.2, 0.25) is 0 Å². The molecule has 0 N–H and O–H groups in total. The average Bonchev–Trinajstić information content (AvgIpc) is 1.99. The molecule has 0 nitrogen and oxygen atoms in total. The quantitative estimate of drug-likeness (QED) is 0.496. The largest absolute Gasteiger partial charge is 0.175 e. The molecule has 1 unspecified atom stereocenters. The number of thioether (sulfide) groups is 1. The molecule has 0 fully saturated rings. The molecule has 0 saturated carbocycles. The van der Waals surface area contributed by atoms with Crippen LogP contribution >= 0.6 is 24.4 Å². The highest BCUT2D eigenvalue weighted by atomic mass is 32.2. The van der Waals surface area contributed by atoms with Crippen LogP contribution in [0.4, 0.5) is 0 Å². The molecular formula is C8H16S2. The van der Waals surface area contributed by atoms with Crippen LogP contribution in [-0.2, 0) is 0 Å². The SMILES string of the molecule is C=C(CS)CSC(C)CC. The fourth-order valence-corrected chi connectivity index (χ4v) is 1.54. The van der Waals surface area contributed by atoms with E-state index in [9.17, 15) is 0 Å². The van der Waals surface area contributed by atoms with Crippen LogP contribution in [-0.4, -0.2) is 16.8 Å². The molecule has 0 radical (unpaired) electrons. The van der Waals surface area contributed by atoms with E-state index in [-0.39, 0.29) is 0 Å². The van der Waals surface area contributed by atoms with E-state index in [0.29, 0.717) is 0 Å². The Morgan fingerprint density at radius 2 is 2.30 bits per heavy atom. The molecule has 10 heavy (non-hydrogen) atoms. The first kappa shape index (κ1) is 10.4. The summed E-state index contributed by atoms with van der Waals surface area (Å²) in [6.45, 7) is 8.34. The van der Waals surface area contributed by atoms with Gasteiger partial charge in [0.1, 0.15) is 0 Å². The number of hydrogen-bond donors (Lipinski definition) is 1. The Morgan fingerprint density at radius 3 is 2.70 bits per heavy atom. The highest BCUT2D eigenvalue weighted by Gasteiger charge is 1.98. The molecule has 60 valence electrons. The lowest BCUT2D eigenvalue weighted by atomic mass is 10.4. The van der Waals surface area contributed by atoms with Crippen molar-refractivity contribution in [1.82, 2.24) is 0 Å². The summed E-state index contributed by atoms with van der Waals surface area (Å²) in [5.41, 5.74) is 1.23. The van der Waals surface area contributed by atoms with Gasteiger partial charge in [0.05, 0.1) is 0 Å². The minimum atomic E-state index is 0.761. The molecule has 0 aromatic heterocycles. The van der Waals surface area contributed by atoms with E-state index in [1.807, 2.05) is 11.8 Å². The van der Waals surface area contributed by atoms with Crippen LogP contribution in [0.3, 0.4) is 0 Å². The van der Waals surface area contributed by atoms with Gasteiger partial charge in [-0.05, 0) is 6.42 Å². The second-order valence-corrected chi connectivity index (χ2v) is 4.18. The van der Waals surface area contributed by atoms with Gasteiger partial charge in [0.15, 0.2) is 0 Å². The normalized spacial score (nSPS) is 13.1. The molecule has 0 spiro atoms. The molecule has 0 aliphatic rings. The second-order valence-electron chi connectivity index (χ2n) is 2.44. The topological polar surface area (TPSA) is 0 Å². The van der Waals surface area contributed by atoms with E-state index in [1.54, 1.807) is 0 Å². The lowest BCUT2D eigenvalue weighted by Crippen LogP contribution is -1.96. The van der Waals surface area contributed by atoms with E-state index >= 15 is 0 Å². The molecule has 0 saturated heterocycles. The Hall–Kier alpha value is 0.440. The molecule has 0 heterocycles. The first-order valence-corrected chi connectivity index (χ1v) is 5.28. The average molecular weight is 176 g/mol. The van der Waals surface area contributed by atoms with Crippen molar-refractivity contribution in [2.24, 2.45) is 0 Å². The molecule has 0 aliphatic heterocycles. The Bertz CT molecular complexity index is 99.4. The molecule has 1 atom stereocenters. The zero-order valence-corrected chi connectivity index (χ0v) is 8.47. The Balaban J connectivity index is 3.26. The van der Waals surface area contributed by atoms with Crippen LogP contribution in [0.25, 0.3) is 0 Å². The van der Waals surface area contributed by atoms with Gasteiger partial charge in [-0.25, -0.2) is 0 Å². The standard InChI is InChI=1S/C8H16S2/c1-4-8(3)10-6-7(2)5-9/h8-9H,2,4-6H2,1,3H3. The van der Waals surface area contributed by atoms with Gasteiger partial charge >= 0.3 is 0 Å². The van der Waals surface area contributed by atoms with Gasteiger partial charge in [0.2, 0.25) is 0 Å². The molecule has 2 heteroatoms. The highest BCUT2D eigenvalue weighted by Crippen LogP contribution is 2.16. The zero-order valence-electron chi connectivity index (χ0n) is 6.76. The van der Waals surface area contributed by atoms with Gasteiger partial charge in [0.25, 0.3) is 0 Å². The maximum atomic E-state index is 4.13. The fourth-order valence-electron chi connectivity index (χ4n) is 0.424. The summed E-state index contributed by atoms with van der Waals surface area (Å²) < 4.78 is 0. The summed E-state index contributed by atoms with van der Waals surface area (Å²) in [4.78, 5) is 0. The summed E-state index contributed by atoms with van der Waals surface area (Å²) in [5, 5.41) is 0.761. The van der Waals surface area contributed by atoms with E-state index in [1.165, 1.54) is 12.0 Å². The van der Waals surface area contributed by atoms with Gasteiger partial charge in [-0.2, -0.15) is 24.4 Å². The van der Waals surface area contributed by atoms with Crippen molar-refractivity contribution in [3.8, 4) is 0 Å². The molecule has 0 rings (SSSR count). The smallest absolute Gasteiger partial charge is 0.0151 e. The van der Waals surface area contributed by atoms with E-state index in [0.717, 1.165) is 16.8 Å². The maximum absolute atomic E-state index is 4.13. The fraction of sp³-hybridized carbons (Fsp3) is 0.750. The molecular weight excluding hydrogens is 160 g/mol. The van der Waals surface area contributed by atoms with Crippen LogP contribution in [0.15, 0.2) is 12.2 Å². The minimum Gasteiger partial charge on any atom is -0.175 e. The van der Waals surface area contributed by atoms with Gasteiger partial charge in [-0.1, -0.05) is 26.0 Å². The molecule has 0 amide bonds. The number of thiol groups is 1. The molecule has 0 aromatic carbocycles. The first-order chi connectivity index (χ1) is 4.70. The molecule has 0 bridgehead atoms. The summed E-state index contributed by atoms with van der Waals surface area (Å²) in [6.07, 6.45) is 1.24. The third-order valence-corrected chi connectivity index (χ3v) is 3.29. The molecule has 0 aromatic rings. The predicted molar refractivity (Wildman–Crippen MR) is 55.2 cm³/mol. The van der Waals surface area contributed by atoms with Crippen molar-refractivity contribution >= 4 is 24.4 Å². The Kier molecular flexibility index (Phi) is 6.44.